The Morgan fingerprint density at radius 3 is 2.50 bits per heavy atom. The molecule has 7 nitrogen and oxygen atoms in total. The van der Waals surface area contributed by atoms with Gasteiger partial charge in [0.05, 0.1) is 20.3 Å². The van der Waals surface area contributed by atoms with E-state index in [2.05, 4.69) is 5.48 Å². The molecule has 1 aliphatic carbocycles. The van der Waals surface area contributed by atoms with Gasteiger partial charge in [-0.15, -0.1) is 0 Å². The van der Waals surface area contributed by atoms with Crippen LogP contribution in [-0.2, 0) is 19.2 Å². The van der Waals surface area contributed by atoms with Gasteiger partial charge in [0.2, 0.25) is 0 Å². The Bertz CT molecular complexity index is 705. The van der Waals surface area contributed by atoms with Crippen molar-refractivity contribution in [3.05, 3.63) is 23.8 Å². The Morgan fingerprint density at radius 1 is 1.18 bits per heavy atom. The maximum absolute atomic E-state index is 12.2. The lowest BCUT2D eigenvalue weighted by Gasteiger charge is -2.38. The molecular formula is C21H29NO6. The number of benzene rings is 1. The van der Waals surface area contributed by atoms with E-state index in [1.807, 2.05) is 18.2 Å². The van der Waals surface area contributed by atoms with Crippen molar-refractivity contribution in [1.29, 1.82) is 0 Å². The number of hydroxylamine groups is 1. The van der Waals surface area contributed by atoms with Crippen LogP contribution in [0.3, 0.4) is 0 Å². The van der Waals surface area contributed by atoms with Crippen LogP contribution in [0.4, 0.5) is 0 Å². The van der Waals surface area contributed by atoms with Crippen LogP contribution in [0, 0.1) is 0 Å². The molecule has 0 spiro atoms. The van der Waals surface area contributed by atoms with Gasteiger partial charge < -0.3 is 14.2 Å². The number of ketones is 1. The second-order valence-electron chi connectivity index (χ2n) is 7.63. The number of methoxy groups -OCH3 is 2. The Hall–Kier alpha value is -2.12. The highest BCUT2D eigenvalue weighted by molar-refractivity contribution is 5.88. The molecule has 3 rings (SSSR count). The fraction of sp³-hybridized carbons (Fsp3) is 0.619. The maximum Gasteiger partial charge on any atom is 0.328 e. The number of hydrogen-bond acceptors (Lipinski definition) is 7. The van der Waals surface area contributed by atoms with Gasteiger partial charge in [0.1, 0.15) is 17.4 Å². The SMILES string of the molecule is COC(=O)C1(CC(C)=O)CCC(c2ccc(OC)c(OC3CCCC3)c2)ON1. The second-order valence-corrected chi connectivity index (χ2v) is 7.63. The van der Waals surface area contributed by atoms with E-state index in [9.17, 15) is 9.59 Å². The normalized spacial score (nSPS) is 25.3. The monoisotopic (exact) mass is 391 g/mol. The van der Waals surface area contributed by atoms with Gasteiger partial charge in [-0.3, -0.25) is 9.63 Å². The van der Waals surface area contributed by atoms with Gasteiger partial charge in [-0.25, -0.2) is 4.79 Å². The topological polar surface area (TPSA) is 83.1 Å². The van der Waals surface area contributed by atoms with E-state index in [-0.39, 0.29) is 24.4 Å². The molecule has 0 amide bonds. The summed E-state index contributed by atoms with van der Waals surface area (Å²) in [7, 11) is 2.94. The summed E-state index contributed by atoms with van der Waals surface area (Å²) in [4.78, 5) is 29.7. The third kappa shape index (κ3) is 4.47. The van der Waals surface area contributed by atoms with E-state index in [0.29, 0.717) is 24.3 Å². The zero-order valence-electron chi connectivity index (χ0n) is 16.8. The smallest absolute Gasteiger partial charge is 0.328 e. The Labute approximate surface area is 165 Å². The van der Waals surface area contributed by atoms with Crippen molar-refractivity contribution in [3.8, 4) is 11.5 Å². The molecule has 1 aliphatic heterocycles. The molecule has 154 valence electrons. The van der Waals surface area contributed by atoms with Crippen LogP contribution in [0.2, 0.25) is 0 Å². The number of rotatable bonds is 7. The number of ether oxygens (including phenoxy) is 3. The highest BCUT2D eigenvalue weighted by atomic mass is 16.7. The van der Waals surface area contributed by atoms with Crippen LogP contribution in [0.15, 0.2) is 18.2 Å². The molecule has 0 aromatic heterocycles. The third-order valence-electron chi connectivity index (χ3n) is 5.51. The summed E-state index contributed by atoms with van der Waals surface area (Å²) in [5.74, 6) is 0.821. The lowest BCUT2D eigenvalue weighted by atomic mass is 9.85. The first-order chi connectivity index (χ1) is 13.5. The number of Topliss-reactive ketones (excluding diaryl/α,β-unsaturated/α-hetero) is 1. The van der Waals surface area contributed by atoms with Gasteiger partial charge in [-0.05, 0) is 63.1 Å². The van der Waals surface area contributed by atoms with Gasteiger partial charge in [0.15, 0.2) is 11.5 Å². The predicted octanol–water partition coefficient (Wildman–Crippen LogP) is 3.26. The van der Waals surface area contributed by atoms with E-state index in [4.69, 9.17) is 19.0 Å². The molecule has 2 fully saturated rings. The van der Waals surface area contributed by atoms with Crippen LogP contribution < -0.4 is 15.0 Å². The number of esters is 1. The van der Waals surface area contributed by atoms with Gasteiger partial charge in [0, 0.05) is 6.42 Å². The molecule has 7 heteroatoms. The minimum absolute atomic E-state index is 0.0328. The lowest BCUT2D eigenvalue weighted by Crippen LogP contribution is -2.56. The van der Waals surface area contributed by atoms with Crippen molar-refractivity contribution in [2.24, 2.45) is 0 Å². The van der Waals surface area contributed by atoms with Crippen molar-refractivity contribution in [3.63, 3.8) is 0 Å². The zero-order valence-corrected chi connectivity index (χ0v) is 16.8. The maximum atomic E-state index is 12.2. The van der Waals surface area contributed by atoms with E-state index >= 15 is 0 Å². The fourth-order valence-corrected chi connectivity index (χ4v) is 4.04. The molecule has 28 heavy (non-hydrogen) atoms. The number of carbonyl (C=O) groups is 2. The van der Waals surface area contributed by atoms with Crippen molar-refractivity contribution < 1.29 is 28.6 Å². The number of carbonyl (C=O) groups excluding carboxylic acids is 2. The van der Waals surface area contributed by atoms with Crippen LogP contribution in [0.5, 0.6) is 11.5 Å². The van der Waals surface area contributed by atoms with Gasteiger partial charge in [-0.2, -0.15) is 5.48 Å². The number of hydrogen-bond donors (Lipinski definition) is 1. The van der Waals surface area contributed by atoms with Gasteiger partial charge >= 0.3 is 5.97 Å². The molecule has 1 saturated carbocycles. The average Bonchev–Trinajstić information content (AvgIpc) is 3.20. The molecule has 1 aromatic rings. The molecule has 1 N–H and O–H groups in total. The van der Waals surface area contributed by atoms with Crippen LogP contribution in [0.1, 0.15) is 63.5 Å². The molecule has 1 heterocycles. The summed E-state index contributed by atoms with van der Waals surface area (Å²) < 4.78 is 16.5. The summed E-state index contributed by atoms with van der Waals surface area (Å²) >= 11 is 0. The summed E-state index contributed by atoms with van der Waals surface area (Å²) in [5.41, 5.74) is 2.62. The minimum atomic E-state index is -1.13. The van der Waals surface area contributed by atoms with Gasteiger partial charge in [0.25, 0.3) is 0 Å². The standard InChI is InChI=1S/C21H29NO6/c1-14(23)13-21(20(24)26-3)11-10-17(28-22-21)15-8-9-18(25-2)19(12-15)27-16-6-4-5-7-16/h8-9,12,16-17,22H,4-7,10-11,13H2,1-3H3. The first kappa shape index (κ1) is 20.6. The minimum Gasteiger partial charge on any atom is -0.493 e. The van der Waals surface area contributed by atoms with E-state index in [1.165, 1.54) is 26.9 Å². The fourth-order valence-electron chi connectivity index (χ4n) is 4.04. The van der Waals surface area contributed by atoms with Crippen molar-refractivity contribution in [2.75, 3.05) is 14.2 Å². The average molecular weight is 391 g/mol. The molecule has 0 bridgehead atoms. The largest absolute Gasteiger partial charge is 0.493 e. The predicted molar refractivity (Wildman–Crippen MR) is 102 cm³/mol. The van der Waals surface area contributed by atoms with Crippen LogP contribution in [0.25, 0.3) is 0 Å². The summed E-state index contributed by atoms with van der Waals surface area (Å²) in [6, 6.07) is 5.75. The third-order valence-corrected chi connectivity index (χ3v) is 5.51. The lowest BCUT2D eigenvalue weighted by molar-refractivity contribution is -0.174. The molecule has 1 saturated heterocycles. The highest BCUT2D eigenvalue weighted by Crippen LogP contribution is 2.38. The van der Waals surface area contributed by atoms with Crippen LogP contribution in [-0.4, -0.2) is 37.6 Å². The van der Waals surface area contributed by atoms with Crippen LogP contribution >= 0.6 is 0 Å². The summed E-state index contributed by atoms with van der Waals surface area (Å²) in [6.07, 6.45) is 5.49. The van der Waals surface area contributed by atoms with Gasteiger partial charge in [-0.1, -0.05) is 6.07 Å². The molecule has 1 aromatic carbocycles. The Balaban J connectivity index is 1.74. The zero-order chi connectivity index (χ0) is 20.1. The highest BCUT2D eigenvalue weighted by Gasteiger charge is 2.45. The van der Waals surface area contributed by atoms with Crippen molar-refractivity contribution >= 4 is 11.8 Å². The number of nitrogens with one attached hydrogen (secondary N) is 1. The summed E-state index contributed by atoms with van der Waals surface area (Å²) in [6.45, 7) is 1.45. The summed E-state index contributed by atoms with van der Waals surface area (Å²) in [5, 5.41) is 0. The Morgan fingerprint density at radius 2 is 1.93 bits per heavy atom. The first-order valence-corrected chi connectivity index (χ1v) is 9.82. The van der Waals surface area contributed by atoms with Crippen molar-refractivity contribution in [2.45, 2.75) is 69.6 Å². The first-order valence-electron chi connectivity index (χ1n) is 9.82. The molecule has 2 atom stereocenters. The molecule has 2 aliphatic rings. The van der Waals surface area contributed by atoms with E-state index < -0.39 is 11.5 Å². The molecular weight excluding hydrogens is 362 g/mol. The van der Waals surface area contributed by atoms with E-state index in [0.717, 1.165) is 18.4 Å². The molecule has 0 radical (unpaired) electrons. The second kappa shape index (κ2) is 8.92. The quantitative estimate of drug-likeness (QED) is 0.714. The van der Waals surface area contributed by atoms with E-state index in [1.54, 1.807) is 7.11 Å². The van der Waals surface area contributed by atoms with Crippen molar-refractivity contribution in [1.82, 2.24) is 5.48 Å². The Kier molecular flexibility index (Phi) is 6.57. The molecule has 2 unspecified atom stereocenters.